The molecule has 0 aromatic heterocycles. The molecule has 0 unspecified atom stereocenters. The van der Waals surface area contributed by atoms with Gasteiger partial charge >= 0.3 is 0 Å². The highest BCUT2D eigenvalue weighted by atomic mass is 16.2. The highest BCUT2D eigenvalue weighted by Gasteiger charge is 2.17. The van der Waals surface area contributed by atoms with Crippen molar-refractivity contribution in [3.8, 4) is 0 Å². The molecule has 1 amide bonds. The van der Waals surface area contributed by atoms with Crippen molar-refractivity contribution in [2.75, 3.05) is 13.1 Å². The molecule has 0 saturated heterocycles. The summed E-state index contributed by atoms with van der Waals surface area (Å²) in [5, 5.41) is 1.41. The second-order valence-corrected chi connectivity index (χ2v) is 3.34. The van der Waals surface area contributed by atoms with Gasteiger partial charge in [0, 0.05) is 18.7 Å². The molecular weight excluding hydrogens is 178 g/mol. The van der Waals surface area contributed by atoms with Gasteiger partial charge in [0.15, 0.2) is 0 Å². The largest absolute Gasteiger partial charge is 0.278 e. The van der Waals surface area contributed by atoms with Gasteiger partial charge in [-0.05, 0) is 5.92 Å². The third kappa shape index (κ3) is 3.89. The Bertz CT molecular complexity index is 196. The molecule has 0 aliphatic heterocycles. The minimum Gasteiger partial charge on any atom is -0.267 e. The van der Waals surface area contributed by atoms with E-state index in [1.54, 1.807) is 0 Å². The summed E-state index contributed by atoms with van der Waals surface area (Å²) < 4.78 is 0. The number of carbonyl (C=O) groups is 1. The molecule has 0 fully saturated rings. The van der Waals surface area contributed by atoms with Crippen LogP contribution in [-0.4, -0.2) is 24.1 Å². The fraction of sp³-hybridized carbons (Fsp3) is 0.700. The highest BCUT2D eigenvalue weighted by molar-refractivity contribution is 5.92. The normalized spacial score (nSPS) is 10.4. The summed E-state index contributed by atoms with van der Waals surface area (Å²) in [6.45, 7) is 13.0. The molecule has 0 atom stereocenters. The molecular formula is C10H21N3O. The quantitative estimate of drug-likeness (QED) is 0.497. The fourth-order valence-electron chi connectivity index (χ4n) is 0.906. The lowest BCUT2D eigenvalue weighted by atomic mass is 10.1. The summed E-state index contributed by atoms with van der Waals surface area (Å²) in [7, 11) is 0. The van der Waals surface area contributed by atoms with E-state index in [2.05, 4.69) is 17.4 Å². The summed E-state index contributed by atoms with van der Waals surface area (Å²) >= 11 is 0. The molecule has 14 heavy (non-hydrogen) atoms. The minimum atomic E-state index is -0.0938. The number of hydrazine groups is 2. The molecule has 0 aliphatic carbocycles. The highest BCUT2D eigenvalue weighted by Crippen LogP contribution is 2.08. The van der Waals surface area contributed by atoms with Crippen molar-refractivity contribution < 1.29 is 4.79 Å². The third-order valence-electron chi connectivity index (χ3n) is 1.81. The zero-order valence-electron chi connectivity index (χ0n) is 9.55. The first-order chi connectivity index (χ1) is 6.54. The van der Waals surface area contributed by atoms with Gasteiger partial charge in [-0.15, -0.1) is 0 Å². The van der Waals surface area contributed by atoms with E-state index in [4.69, 9.17) is 0 Å². The van der Waals surface area contributed by atoms with Crippen LogP contribution in [0.4, 0.5) is 0 Å². The van der Waals surface area contributed by atoms with E-state index in [0.29, 0.717) is 18.7 Å². The van der Waals surface area contributed by atoms with Crippen molar-refractivity contribution in [1.82, 2.24) is 16.0 Å². The Morgan fingerprint density at radius 1 is 1.29 bits per heavy atom. The van der Waals surface area contributed by atoms with Crippen molar-refractivity contribution in [2.45, 2.75) is 27.7 Å². The topological polar surface area (TPSA) is 44.4 Å². The smallest absolute Gasteiger partial charge is 0.267 e. The first-order valence-corrected chi connectivity index (χ1v) is 5.04. The summed E-state index contributed by atoms with van der Waals surface area (Å²) in [4.78, 5) is 11.8. The van der Waals surface area contributed by atoms with Crippen LogP contribution in [-0.2, 0) is 4.79 Å². The molecule has 0 rings (SSSR count). The Morgan fingerprint density at radius 3 is 2.00 bits per heavy atom. The predicted octanol–water partition coefficient (Wildman–Crippen LogP) is 1.08. The van der Waals surface area contributed by atoms with Crippen molar-refractivity contribution >= 4 is 5.91 Å². The van der Waals surface area contributed by atoms with Crippen molar-refractivity contribution in [3.05, 3.63) is 12.2 Å². The molecule has 0 bridgehead atoms. The zero-order valence-corrected chi connectivity index (χ0v) is 9.55. The molecule has 0 saturated carbocycles. The Morgan fingerprint density at radius 2 is 1.71 bits per heavy atom. The number of hydrogen-bond acceptors (Lipinski definition) is 3. The van der Waals surface area contributed by atoms with Crippen LogP contribution in [0.25, 0.3) is 0 Å². The van der Waals surface area contributed by atoms with Crippen LogP contribution in [0.3, 0.4) is 0 Å². The number of nitrogens with zero attached hydrogens (tertiary/aromatic N) is 1. The first-order valence-electron chi connectivity index (χ1n) is 5.04. The Labute approximate surface area is 86.3 Å². The summed E-state index contributed by atoms with van der Waals surface area (Å²) in [6, 6.07) is 0. The van der Waals surface area contributed by atoms with Crippen LogP contribution in [0, 0.1) is 5.92 Å². The lowest BCUT2D eigenvalue weighted by Gasteiger charge is -2.24. The number of carbonyl (C=O) groups excluding carboxylic acids is 1. The van der Waals surface area contributed by atoms with E-state index in [1.165, 1.54) is 5.12 Å². The van der Waals surface area contributed by atoms with E-state index < -0.39 is 0 Å². The van der Waals surface area contributed by atoms with Crippen LogP contribution in [0.2, 0.25) is 0 Å². The average molecular weight is 199 g/mol. The molecule has 0 aromatic carbocycles. The van der Waals surface area contributed by atoms with Crippen LogP contribution in [0.1, 0.15) is 27.7 Å². The number of hydrogen-bond donors (Lipinski definition) is 2. The molecule has 2 N–H and O–H groups in total. The van der Waals surface area contributed by atoms with Gasteiger partial charge in [0.1, 0.15) is 0 Å². The molecule has 0 heterocycles. The molecule has 0 aromatic rings. The Kier molecular flexibility index (Phi) is 6.16. The lowest BCUT2D eigenvalue weighted by Crippen LogP contribution is -2.52. The number of rotatable bonds is 6. The molecule has 0 spiro atoms. The number of nitrogens with one attached hydrogen (secondary N) is 2. The molecule has 0 radical (unpaired) electrons. The van der Waals surface area contributed by atoms with E-state index in [0.717, 1.165) is 0 Å². The summed E-state index contributed by atoms with van der Waals surface area (Å²) in [5.41, 5.74) is 6.47. The van der Waals surface area contributed by atoms with E-state index in [-0.39, 0.29) is 11.8 Å². The van der Waals surface area contributed by atoms with Crippen LogP contribution < -0.4 is 10.9 Å². The van der Waals surface area contributed by atoms with Gasteiger partial charge in [-0.1, -0.05) is 34.3 Å². The maximum absolute atomic E-state index is 11.8. The Hall–Kier alpha value is -0.870. The standard InChI is InChI=1S/C10H21N3O/c1-6-11-13(12-7-2)10(14)9(5)8(3)4/h8,11-12H,5-7H2,1-4H3. The second kappa shape index (κ2) is 6.56. The molecule has 82 valence electrons. The van der Waals surface area contributed by atoms with Crippen molar-refractivity contribution in [3.63, 3.8) is 0 Å². The van der Waals surface area contributed by atoms with E-state index >= 15 is 0 Å². The summed E-state index contributed by atoms with van der Waals surface area (Å²) in [5.74, 6) is 0.0750. The third-order valence-corrected chi connectivity index (χ3v) is 1.81. The predicted molar refractivity (Wildman–Crippen MR) is 58.2 cm³/mol. The SMILES string of the molecule is C=C(C(=O)N(NCC)NCC)C(C)C. The zero-order chi connectivity index (χ0) is 11.1. The van der Waals surface area contributed by atoms with Gasteiger partial charge in [0.25, 0.3) is 5.91 Å². The number of amides is 1. The minimum absolute atomic E-state index is 0.0938. The second-order valence-electron chi connectivity index (χ2n) is 3.34. The maximum Gasteiger partial charge on any atom is 0.278 e. The molecule has 4 heteroatoms. The van der Waals surface area contributed by atoms with Gasteiger partial charge in [0.2, 0.25) is 0 Å². The fourth-order valence-corrected chi connectivity index (χ4v) is 0.906. The van der Waals surface area contributed by atoms with Crippen LogP contribution in [0.5, 0.6) is 0 Å². The van der Waals surface area contributed by atoms with Gasteiger partial charge in [0.05, 0.1) is 0 Å². The van der Waals surface area contributed by atoms with Crippen LogP contribution >= 0.6 is 0 Å². The maximum atomic E-state index is 11.8. The molecule has 0 aliphatic rings. The van der Waals surface area contributed by atoms with Crippen LogP contribution in [0.15, 0.2) is 12.2 Å². The van der Waals surface area contributed by atoms with E-state index in [9.17, 15) is 4.79 Å². The van der Waals surface area contributed by atoms with Gasteiger partial charge < -0.3 is 0 Å². The average Bonchev–Trinajstić information content (AvgIpc) is 2.15. The lowest BCUT2D eigenvalue weighted by molar-refractivity contribution is -0.134. The van der Waals surface area contributed by atoms with Crippen molar-refractivity contribution in [1.29, 1.82) is 0 Å². The van der Waals surface area contributed by atoms with Gasteiger partial charge in [-0.25, -0.2) is 16.0 Å². The summed E-state index contributed by atoms with van der Waals surface area (Å²) in [6.07, 6.45) is 0. The van der Waals surface area contributed by atoms with Gasteiger partial charge in [-0.3, -0.25) is 4.79 Å². The monoisotopic (exact) mass is 199 g/mol. The van der Waals surface area contributed by atoms with E-state index in [1.807, 2.05) is 27.7 Å². The van der Waals surface area contributed by atoms with Crippen molar-refractivity contribution in [2.24, 2.45) is 5.92 Å². The van der Waals surface area contributed by atoms with Gasteiger partial charge in [-0.2, -0.15) is 0 Å². The molecule has 4 nitrogen and oxygen atoms in total. The Balaban J connectivity index is 4.34. The first kappa shape index (κ1) is 13.1.